The smallest absolute Gasteiger partial charge is 0.131 e. The normalized spacial score (nSPS) is 21.0. The SMILES string of the molecule is FC1CC(Oc2cc(Cl)c(Cl)c3[nH]cc(-c4cn[nH]c4)c23)C1. The van der Waals surface area contributed by atoms with Gasteiger partial charge in [-0.3, -0.25) is 5.10 Å². The largest absolute Gasteiger partial charge is 0.489 e. The Morgan fingerprint density at radius 3 is 2.77 bits per heavy atom. The van der Waals surface area contributed by atoms with Crippen molar-refractivity contribution in [1.82, 2.24) is 15.2 Å². The van der Waals surface area contributed by atoms with Crippen LogP contribution in [0.4, 0.5) is 4.39 Å². The van der Waals surface area contributed by atoms with E-state index in [1.807, 2.05) is 6.20 Å². The highest BCUT2D eigenvalue weighted by atomic mass is 35.5. The number of halogens is 3. The fourth-order valence-corrected chi connectivity index (χ4v) is 3.12. The molecule has 0 unspecified atom stereocenters. The third kappa shape index (κ3) is 2.16. The molecule has 1 aromatic carbocycles. The maximum atomic E-state index is 13.0. The lowest BCUT2D eigenvalue weighted by Gasteiger charge is -2.30. The molecule has 22 heavy (non-hydrogen) atoms. The molecule has 1 saturated carbocycles. The lowest BCUT2D eigenvalue weighted by molar-refractivity contribution is 0.0421. The quantitative estimate of drug-likeness (QED) is 0.723. The third-order valence-corrected chi connectivity index (χ3v) is 4.74. The van der Waals surface area contributed by atoms with Crippen molar-refractivity contribution in [1.29, 1.82) is 0 Å². The molecule has 7 heteroatoms. The van der Waals surface area contributed by atoms with Crippen molar-refractivity contribution in [2.24, 2.45) is 0 Å². The van der Waals surface area contributed by atoms with Crippen molar-refractivity contribution < 1.29 is 9.13 Å². The van der Waals surface area contributed by atoms with Crippen LogP contribution in [0.25, 0.3) is 22.0 Å². The number of aromatic amines is 2. The lowest BCUT2D eigenvalue weighted by Crippen LogP contribution is -2.34. The van der Waals surface area contributed by atoms with Crippen molar-refractivity contribution in [3.05, 3.63) is 34.7 Å². The Morgan fingerprint density at radius 2 is 2.09 bits per heavy atom. The number of rotatable bonds is 3. The average Bonchev–Trinajstić information content (AvgIpc) is 3.11. The second-order valence-electron chi connectivity index (χ2n) is 5.42. The minimum absolute atomic E-state index is 0.123. The molecular weight excluding hydrogens is 328 g/mol. The van der Waals surface area contributed by atoms with Crippen LogP contribution in [-0.4, -0.2) is 27.5 Å². The molecule has 114 valence electrons. The number of nitrogens with zero attached hydrogens (tertiary/aromatic N) is 1. The molecule has 0 atom stereocenters. The van der Waals surface area contributed by atoms with Gasteiger partial charge < -0.3 is 9.72 Å². The van der Waals surface area contributed by atoms with Gasteiger partial charge in [0.25, 0.3) is 0 Å². The summed E-state index contributed by atoms with van der Waals surface area (Å²) >= 11 is 12.5. The van der Waals surface area contributed by atoms with Crippen molar-refractivity contribution >= 4 is 34.1 Å². The number of aromatic nitrogens is 3. The third-order valence-electron chi connectivity index (χ3n) is 3.95. The first-order valence-corrected chi connectivity index (χ1v) is 7.68. The molecule has 3 aromatic rings. The summed E-state index contributed by atoms with van der Waals surface area (Å²) in [6, 6.07) is 1.69. The van der Waals surface area contributed by atoms with Crippen LogP contribution in [-0.2, 0) is 0 Å². The summed E-state index contributed by atoms with van der Waals surface area (Å²) in [6.45, 7) is 0. The Bertz CT molecular complexity index is 825. The number of fused-ring (bicyclic) bond motifs is 1. The summed E-state index contributed by atoms with van der Waals surface area (Å²) in [5.41, 5.74) is 2.52. The van der Waals surface area contributed by atoms with Crippen molar-refractivity contribution in [3.63, 3.8) is 0 Å². The van der Waals surface area contributed by atoms with Gasteiger partial charge in [0.05, 0.1) is 27.1 Å². The number of ether oxygens (including phenoxy) is 1. The van der Waals surface area contributed by atoms with Crippen LogP contribution in [0, 0.1) is 0 Å². The van der Waals surface area contributed by atoms with Crippen LogP contribution in [0.15, 0.2) is 24.7 Å². The van der Waals surface area contributed by atoms with E-state index in [2.05, 4.69) is 15.2 Å². The Labute approximate surface area is 135 Å². The number of H-pyrrole nitrogens is 2. The fraction of sp³-hybridized carbons (Fsp3) is 0.267. The minimum atomic E-state index is -0.775. The summed E-state index contributed by atoms with van der Waals surface area (Å²) in [5, 5.41) is 8.42. The van der Waals surface area contributed by atoms with Gasteiger partial charge in [-0.15, -0.1) is 0 Å². The van der Waals surface area contributed by atoms with Crippen LogP contribution < -0.4 is 4.74 Å². The molecule has 0 bridgehead atoms. The fourth-order valence-electron chi connectivity index (χ4n) is 2.72. The van der Waals surface area contributed by atoms with E-state index < -0.39 is 6.17 Å². The molecule has 2 aromatic heterocycles. The average molecular weight is 340 g/mol. The Balaban J connectivity index is 1.86. The Kier molecular flexibility index (Phi) is 3.27. The van der Waals surface area contributed by atoms with Gasteiger partial charge in [-0.2, -0.15) is 5.10 Å². The van der Waals surface area contributed by atoms with Crippen molar-refractivity contribution in [3.8, 4) is 16.9 Å². The van der Waals surface area contributed by atoms with Gasteiger partial charge in [0, 0.05) is 42.4 Å². The van der Waals surface area contributed by atoms with E-state index in [-0.39, 0.29) is 6.10 Å². The summed E-state index contributed by atoms with van der Waals surface area (Å²) in [7, 11) is 0. The van der Waals surface area contributed by atoms with E-state index in [1.165, 1.54) is 0 Å². The molecule has 0 spiro atoms. The zero-order chi connectivity index (χ0) is 15.3. The van der Waals surface area contributed by atoms with Crippen molar-refractivity contribution in [2.75, 3.05) is 0 Å². The highest BCUT2D eigenvalue weighted by Gasteiger charge is 2.31. The topological polar surface area (TPSA) is 53.7 Å². The Hall–Kier alpha value is -1.72. The van der Waals surface area contributed by atoms with Crippen LogP contribution in [0.3, 0.4) is 0 Å². The molecule has 0 radical (unpaired) electrons. The molecule has 1 aliphatic rings. The van der Waals surface area contributed by atoms with E-state index >= 15 is 0 Å². The van der Waals surface area contributed by atoms with E-state index in [1.54, 1.807) is 18.5 Å². The zero-order valence-electron chi connectivity index (χ0n) is 11.4. The summed E-state index contributed by atoms with van der Waals surface area (Å²) < 4.78 is 19.0. The Morgan fingerprint density at radius 1 is 1.27 bits per heavy atom. The first-order chi connectivity index (χ1) is 10.6. The first-order valence-electron chi connectivity index (χ1n) is 6.92. The highest BCUT2D eigenvalue weighted by Crippen LogP contribution is 2.43. The number of hydrogen-bond donors (Lipinski definition) is 2. The van der Waals surface area contributed by atoms with Gasteiger partial charge in [0.1, 0.15) is 18.0 Å². The molecule has 1 fully saturated rings. The van der Waals surface area contributed by atoms with Gasteiger partial charge in [0.2, 0.25) is 0 Å². The standard InChI is InChI=1S/C15H12Cl2FN3O/c16-11-3-12(22-9-1-8(18)2-9)13-10(7-4-20-21-5-7)6-19-15(13)14(11)17/h3-6,8-9,19H,1-2H2,(H,20,21). The molecule has 4 nitrogen and oxygen atoms in total. The molecule has 0 amide bonds. The number of nitrogens with one attached hydrogen (secondary N) is 2. The van der Waals surface area contributed by atoms with Gasteiger partial charge in [-0.05, 0) is 0 Å². The van der Waals surface area contributed by atoms with E-state index in [4.69, 9.17) is 27.9 Å². The molecular formula is C15H12Cl2FN3O. The minimum Gasteiger partial charge on any atom is -0.489 e. The summed E-state index contributed by atoms with van der Waals surface area (Å²) in [4.78, 5) is 3.13. The van der Waals surface area contributed by atoms with Crippen LogP contribution in [0.1, 0.15) is 12.8 Å². The van der Waals surface area contributed by atoms with Gasteiger partial charge in [-0.25, -0.2) is 4.39 Å². The van der Waals surface area contributed by atoms with Gasteiger partial charge >= 0.3 is 0 Å². The second kappa shape index (κ2) is 5.18. The van der Waals surface area contributed by atoms with Crippen molar-refractivity contribution in [2.45, 2.75) is 25.1 Å². The highest BCUT2D eigenvalue weighted by molar-refractivity contribution is 6.45. The molecule has 0 aliphatic heterocycles. The van der Waals surface area contributed by atoms with E-state index in [9.17, 15) is 4.39 Å². The first kappa shape index (κ1) is 13.9. The lowest BCUT2D eigenvalue weighted by atomic mass is 9.93. The second-order valence-corrected chi connectivity index (χ2v) is 6.20. The maximum Gasteiger partial charge on any atom is 0.131 e. The van der Waals surface area contributed by atoms with E-state index in [0.29, 0.717) is 34.2 Å². The van der Waals surface area contributed by atoms with Crippen LogP contribution in [0.2, 0.25) is 10.0 Å². The zero-order valence-corrected chi connectivity index (χ0v) is 12.9. The van der Waals surface area contributed by atoms with Crippen LogP contribution in [0.5, 0.6) is 5.75 Å². The van der Waals surface area contributed by atoms with E-state index in [0.717, 1.165) is 16.5 Å². The molecule has 4 rings (SSSR count). The van der Waals surface area contributed by atoms with Gasteiger partial charge in [-0.1, -0.05) is 23.2 Å². The number of benzene rings is 1. The molecule has 2 N–H and O–H groups in total. The maximum absolute atomic E-state index is 13.0. The molecule has 2 heterocycles. The van der Waals surface area contributed by atoms with Gasteiger partial charge in [0.15, 0.2) is 0 Å². The summed E-state index contributed by atoms with van der Waals surface area (Å²) in [5.74, 6) is 0.610. The predicted octanol–water partition coefficient (Wildman–Crippen LogP) is 4.74. The predicted molar refractivity (Wildman–Crippen MR) is 84.4 cm³/mol. The molecule has 0 saturated heterocycles. The summed E-state index contributed by atoms with van der Waals surface area (Å²) in [6.07, 6.45) is 5.26. The monoisotopic (exact) mass is 339 g/mol. The number of alkyl halides is 1. The molecule has 1 aliphatic carbocycles. The number of hydrogen-bond acceptors (Lipinski definition) is 2. The van der Waals surface area contributed by atoms with Crippen LogP contribution >= 0.6 is 23.2 Å².